The molecule has 1 aliphatic heterocycles. The average Bonchev–Trinajstić information content (AvgIpc) is 2.61. The van der Waals surface area contributed by atoms with Gasteiger partial charge in [-0.3, -0.25) is 14.2 Å². The minimum Gasteiger partial charge on any atom is -0.497 e. The summed E-state index contributed by atoms with van der Waals surface area (Å²) in [5.41, 5.74) is 1.08. The highest BCUT2D eigenvalue weighted by molar-refractivity contribution is 5.94. The lowest BCUT2D eigenvalue weighted by Gasteiger charge is -2.35. The molecule has 25 heavy (non-hydrogen) atoms. The molecule has 1 fully saturated rings. The van der Waals surface area contributed by atoms with Crippen LogP contribution in [0.25, 0.3) is 5.69 Å². The third kappa shape index (κ3) is 3.76. The van der Waals surface area contributed by atoms with E-state index in [0.29, 0.717) is 23.1 Å². The Morgan fingerprint density at radius 1 is 1.04 bits per heavy atom. The second-order valence-corrected chi connectivity index (χ2v) is 6.98. The Bertz CT molecular complexity index is 800. The number of rotatable bonds is 3. The first-order chi connectivity index (χ1) is 12.0. The minimum absolute atomic E-state index is 0.0133. The van der Waals surface area contributed by atoms with E-state index in [1.807, 2.05) is 4.90 Å². The number of nitrogens with zero attached hydrogens (tertiary/aromatic N) is 2. The molecule has 0 saturated carbocycles. The third-order valence-electron chi connectivity index (χ3n) is 4.66. The van der Waals surface area contributed by atoms with E-state index in [2.05, 4.69) is 13.8 Å². The van der Waals surface area contributed by atoms with E-state index in [4.69, 9.17) is 4.74 Å². The van der Waals surface area contributed by atoms with Gasteiger partial charge in [0.25, 0.3) is 11.5 Å². The van der Waals surface area contributed by atoms with Gasteiger partial charge in [0.05, 0.1) is 12.7 Å². The summed E-state index contributed by atoms with van der Waals surface area (Å²) in [7, 11) is 1.60. The van der Waals surface area contributed by atoms with Crippen molar-refractivity contribution in [1.82, 2.24) is 9.47 Å². The Hall–Kier alpha value is -2.56. The summed E-state index contributed by atoms with van der Waals surface area (Å²) in [5, 5.41) is 0. The molecule has 5 nitrogen and oxygen atoms in total. The van der Waals surface area contributed by atoms with Crippen LogP contribution in [0.15, 0.2) is 47.4 Å². The highest BCUT2D eigenvalue weighted by atomic mass is 16.5. The fourth-order valence-electron chi connectivity index (χ4n) is 3.57. The number of hydrogen-bond acceptors (Lipinski definition) is 3. The van der Waals surface area contributed by atoms with Crippen LogP contribution in [-0.4, -0.2) is 35.6 Å². The van der Waals surface area contributed by atoms with Gasteiger partial charge in [0, 0.05) is 31.0 Å². The molecular formula is C20H24N2O3. The van der Waals surface area contributed by atoms with Gasteiger partial charge in [0.1, 0.15) is 5.75 Å². The second kappa shape index (κ2) is 7.13. The van der Waals surface area contributed by atoms with Gasteiger partial charge in [-0.25, -0.2) is 0 Å². The monoisotopic (exact) mass is 340 g/mol. The number of hydrogen-bond donors (Lipinski definition) is 0. The normalized spacial score (nSPS) is 20.4. The lowest BCUT2D eigenvalue weighted by molar-refractivity contribution is 0.0622. The van der Waals surface area contributed by atoms with Crippen molar-refractivity contribution >= 4 is 5.91 Å². The Morgan fingerprint density at radius 3 is 2.28 bits per heavy atom. The van der Waals surface area contributed by atoms with E-state index >= 15 is 0 Å². The van der Waals surface area contributed by atoms with Crippen molar-refractivity contribution in [2.45, 2.75) is 20.3 Å². The van der Waals surface area contributed by atoms with E-state index in [1.165, 1.54) is 10.6 Å². The lowest BCUT2D eigenvalue weighted by atomic mass is 9.91. The fourth-order valence-corrected chi connectivity index (χ4v) is 3.57. The molecule has 1 aliphatic rings. The molecule has 1 aromatic heterocycles. The number of benzene rings is 1. The van der Waals surface area contributed by atoms with Gasteiger partial charge in [0.2, 0.25) is 0 Å². The predicted molar refractivity (Wildman–Crippen MR) is 97.4 cm³/mol. The highest BCUT2D eigenvalue weighted by Gasteiger charge is 2.26. The Kier molecular flexibility index (Phi) is 4.93. The summed E-state index contributed by atoms with van der Waals surface area (Å²) in [4.78, 5) is 27.0. The number of amides is 1. The van der Waals surface area contributed by atoms with Crippen LogP contribution in [0.1, 0.15) is 30.6 Å². The maximum atomic E-state index is 12.9. The van der Waals surface area contributed by atoms with Crippen LogP contribution < -0.4 is 10.3 Å². The zero-order valence-corrected chi connectivity index (χ0v) is 14.9. The predicted octanol–water partition coefficient (Wildman–Crippen LogP) is 2.96. The summed E-state index contributed by atoms with van der Waals surface area (Å²) in [6.45, 7) is 5.89. The molecule has 1 saturated heterocycles. The Balaban J connectivity index is 1.90. The molecule has 5 heteroatoms. The van der Waals surface area contributed by atoms with Crippen molar-refractivity contribution < 1.29 is 9.53 Å². The lowest BCUT2D eigenvalue weighted by Crippen LogP contribution is -2.42. The quantitative estimate of drug-likeness (QED) is 0.863. The van der Waals surface area contributed by atoms with Crippen molar-refractivity contribution in [3.05, 3.63) is 58.5 Å². The second-order valence-electron chi connectivity index (χ2n) is 6.98. The summed E-state index contributed by atoms with van der Waals surface area (Å²) < 4.78 is 6.65. The van der Waals surface area contributed by atoms with Crippen molar-refractivity contribution in [3.8, 4) is 11.4 Å². The first-order valence-electron chi connectivity index (χ1n) is 8.64. The number of ether oxygens (including phenoxy) is 1. The topological polar surface area (TPSA) is 51.5 Å². The van der Waals surface area contributed by atoms with Crippen LogP contribution in [0, 0.1) is 11.8 Å². The maximum Gasteiger partial charge on any atom is 0.255 e. The molecule has 132 valence electrons. The zero-order valence-electron chi connectivity index (χ0n) is 14.9. The van der Waals surface area contributed by atoms with Gasteiger partial charge in [-0.05, 0) is 48.6 Å². The number of pyridine rings is 1. The van der Waals surface area contributed by atoms with Gasteiger partial charge in [-0.2, -0.15) is 0 Å². The molecule has 0 spiro atoms. The van der Waals surface area contributed by atoms with Gasteiger partial charge in [-0.1, -0.05) is 13.8 Å². The number of methoxy groups -OCH3 is 1. The van der Waals surface area contributed by atoms with E-state index in [0.717, 1.165) is 25.3 Å². The smallest absolute Gasteiger partial charge is 0.255 e. The van der Waals surface area contributed by atoms with Crippen LogP contribution in [0.5, 0.6) is 5.75 Å². The van der Waals surface area contributed by atoms with E-state index in [9.17, 15) is 9.59 Å². The third-order valence-corrected chi connectivity index (χ3v) is 4.66. The van der Waals surface area contributed by atoms with Crippen LogP contribution in [0.4, 0.5) is 0 Å². The van der Waals surface area contributed by atoms with Gasteiger partial charge in [0.15, 0.2) is 0 Å². The summed E-state index contributed by atoms with van der Waals surface area (Å²) in [5.74, 6) is 1.71. The standard InChI is InChI=1S/C20H24N2O3/c1-14-10-15(2)12-21(11-14)20(24)16-4-9-19(23)22(13-16)17-5-7-18(25-3)8-6-17/h4-9,13-15H,10-12H2,1-3H3/t14-,15+. The molecule has 0 N–H and O–H groups in total. The van der Waals surface area contributed by atoms with Gasteiger partial charge in [-0.15, -0.1) is 0 Å². The van der Waals surface area contributed by atoms with Crippen molar-refractivity contribution in [1.29, 1.82) is 0 Å². The van der Waals surface area contributed by atoms with E-state index in [1.54, 1.807) is 43.6 Å². The summed E-state index contributed by atoms with van der Waals surface area (Å²) >= 11 is 0. The maximum absolute atomic E-state index is 12.9. The Morgan fingerprint density at radius 2 is 1.68 bits per heavy atom. The van der Waals surface area contributed by atoms with Crippen molar-refractivity contribution in [2.24, 2.45) is 11.8 Å². The molecule has 1 aromatic carbocycles. The Labute approximate surface area is 147 Å². The number of carbonyl (C=O) groups excluding carboxylic acids is 1. The van der Waals surface area contributed by atoms with Crippen LogP contribution in [-0.2, 0) is 0 Å². The average molecular weight is 340 g/mol. The van der Waals surface area contributed by atoms with E-state index < -0.39 is 0 Å². The zero-order chi connectivity index (χ0) is 18.0. The van der Waals surface area contributed by atoms with Crippen molar-refractivity contribution in [3.63, 3.8) is 0 Å². The van der Waals surface area contributed by atoms with Crippen molar-refractivity contribution in [2.75, 3.05) is 20.2 Å². The summed E-state index contributed by atoms with van der Waals surface area (Å²) in [6, 6.07) is 10.3. The molecule has 2 aromatic rings. The summed E-state index contributed by atoms with van der Waals surface area (Å²) in [6.07, 6.45) is 2.78. The van der Waals surface area contributed by atoms with Gasteiger partial charge >= 0.3 is 0 Å². The first-order valence-corrected chi connectivity index (χ1v) is 8.64. The van der Waals surface area contributed by atoms with Crippen LogP contribution >= 0.6 is 0 Å². The molecule has 0 unspecified atom stereocenters. The number of aromatic nitrogens is 1. The number of piperidine rings is 1. The van der Waals surface area contributed by atoms with Crippen LogP contribution in [0.3, 0.4) is 0 Å². The first kappa shape index (κ1) is 17.3. The molecule has 1 amide bonds. The van der Waals surface area contributed by atoms with E-state index in [-0.39, 0.29) is 11.5 Å². The molecular weight excluding hydrogens is 316 g/mol. The molecule has 0 bridgehead atoms. The molecule has 0 aliphatic carbocycles. The molecule has 3 rings (SSSR count). The van der Waals surface area contributed by atoms with Crippen LogP contribution in [0.2, 0.25) is 0 Å². The molecule has 0 radical (unpaired) electrons. The SMILES string of the molecule is COc1ccc(-n2cc(C(=O)N3C[C@H](C)C[C@H](C)C3)ccc2=O)cc1. The molecule has 2 heterocycles. The fraction of sp³-hybridized carbons (Fsp3) is 0.400. The molecule has 2 atom stereocenters. The highest BCUT2D eigenvalue weighted by Crippen LogP contribution is 2.22. The minimum atomic E-state index is -0.165. The number of likely N-dealkylation sites (tertiary alicyclic amines) is 1. The number of carbonyl (C=O) groups is 1. The largest absolute Gasteiger partial charge is 0.497 e. The van der Waals surface area contributed by atoms with Gasteiger partial charge < -0.3 is 9.64 Å².